The SMILES string of the molecule is CC(C)C(NC(=O)NC(C(=O)O)C(C)(C)C)c1cccs1. The molecular formula is C15H24N2O3S. The summed E-state index contributed by atoms with van der Waals surface area (Å²) in [6, 6.07) is 2.38. The molecule has 0 fully saturated rings. The average molecular weight is 312 g/mol. The molecular weight excluding hydrogens is 288 g/mol. The predicted molar refractivity (Wildman–Crippen MR) is 84.4 cm³/mol. The molecule has 0 radical (unpaired) electrons. The number of urea groups is 1. The number of hydrogen-bond donors (Lipinski definition) is 3. The standard InChI is InChI=1S/C15H24N2O3S/c1-9(2)11(10-7-6-8-21-10)16-14(20)17-12(13(18)19)15(3,4)5/h6-9,11-12H,1-5H3,(H,18,19)(H2,16,17,20). The zero-order valence-electron chi connectivity index (χ0n) is 13.1. The van der Waals surface area contributed by atoms with Crippen molar-refractivity contribution in [3.63, 3.8) is 0 Å². The van der Waals surface area contributed by atoms with Gasteiger partial charge in [-0.05, 0) is 22.8 Å². The molecule has 5 nitrogen and oxygen atoms in total. The minimum Gasteiger partial charge on any atom is -0.480 e. The Kier molecular flexibility index (Phi) is 5.78. The summed E-state index contributed by atoms with van der Waals surface area (Å²) < 4.78 is 0. The lowest BCUT2D eigenvalue weighted by atomic mass is 9.87. The van der Waals surface area contributed by atoms with Crippen LogP contribution >= 0.6 is 11.3 Å². The number of carboxylic acids is 1. The first-order valence-electron chi connectivity index (χ1n) is 6.96. The summed E-state index contributed by atoms with van der Waals surface area (Å²) in [5.41, 5.74) is -0.556. The molecule has 2 atom stereocenters. The van der Waals surface area contributed by atoms with Crippen molar-refractivity contribution in [3.8, 4) is 0 Å². The van der Waals surface area contributed by atoms with Gasteiger partial charge in [-0.2, -0.15) is 0 Å². The van der Waals surface area contributed by atoms with Crippen molar-refractivity contribution in [1.82, 2.24) is 10.6 Å². The van der Waals surface area contributed by atoms with E-state index in [0.29, 0.717) is 0 Å². The van der Waals surface area contributed by atoms with Crippen LogP contribution in [0.2, 0.25) is 0 Å². The first kappa shape index (κ1) is 17.5. The molecule has 2 amide bonds. The molecule has 0 aliphatic heterocycles. The van der Waals surface area contributed by atoms with Crippen LogP contribution in [0.3, 0.4) is 0 Å². The normalized spacial score (nSPS) is 14.6. The van der Waals surface area contributed by atoms with Crippen molar-refractivity contribution in [2.75, 3.05) is 0 Å². The van der Waals surface area contributed by atoms with E-state index in [1.807, 2.05) is 31.4 Å². The van der Waals surface area contributed by atoms with Crippen molar-refractivity contribution in [3.05, 3.63) is 22.4 Å². The maximum atomic E-state index is 12.1. The lowest BCUT2D eigenvalue weighted by Gasteiger charge is -2.29. The van der Waals surface area contributed by atoms with Crippen LogP contribution in [0.5, 0.6) is 0 Å². The minimum atomic E-state index is -1.03. The van der Waals surface area contributed by atoms with Crippen LogP contribution in [0.25, 0.3) is 0 Å². The summed E-state index contributed by atoms with van der Waals surface area (Å²) in [4.78, 5) is 24.5. The van der Waals surface area contributed by atoms with Crippen LogP contribution < -0.4 is 10.6 Å². The van der Waals surface area contributed by atoms with Gasteiger partial charge in [0.25, 0.3) is 0 Å². The third-order valence-corrected chi connectivity index (χ3v) is 4.15. The summed E-state index contributed by atoms with van der Waals surface area (Å²) in [5.74, 6) is -0.817. The van der Waals surface area contributed by atoms with E-state index in [1.54, 1.807) is 32.1 Å². The van der Waals surface area contributed by atoms with Gasteiger partial charge in [0.2, 0.25) is 0 Å². The highest BCUT2D eigenvalue weighted by atomic mass is 32.1. The van der Waals surface area contributed by atoms with Crippen molar-refractivity contribution < 1.29 is 14.7 Å². The number of carbonyl (C=O) groups excluding carboxylic acids is 1. The fourth-order valence-corrected chi connectivity index (χ4v) is 2.95. The molecule has 3 N–H and O–H groups in total. The molecule has 0 bridgehead atoms. The van der Waals surface area contributed by atoms with Crippen LogP contribution in [0.4, 0.5) is 4.79 Å². The molecule has 1 heterocycles. The molecule has 6 heteroatoms. The Bertz CT molecular complexity index is 478. The van der Waals surface area contributed by atoms with Gasteiger partial charge in [0.05, 0.1) is 6.04 Å². The van der Waals surface area contributed by atoms with E-state index in [1.165, 1.54) is 0 Å². The molecule has 0 spiro atoms. The second kappa shape index (κ2) is 6.93. The highest BCUT2D eigenvalue weighted by Gasteiger charge is 2.33. The van der Waals surface area contributed by atoms with Crippen molar-refractivity contribution in [1.29, 1.82) is 0 Å². The Labute approximate surface area is 129 Å². The van der Waals surface area contributed by atoms with E-state index in [4.69, 9.17) is 0 Å². The molecule has 21 heavy (non-hydrogen) atoms. The molecule has 2 unspecified atom stereocenters. The maximum absolute atomic E-state index is 12.1. The van der Waals surface area contributed by atoms with Crippen LogP contribution in [-0.4, -0.2) is 23.1 Å². The molecule has 1 rings (SSSR count). The van der Waals surface area contributed by atoms with E-state index in [9.17, 15) is 14.7 Å². The highest BCUT2D eigenvalue weighted by Crippen LogP contribution is 2.26. The Balaban J connectivity index is 2.77. The molecule has 0 aliphatic carbocycles. The second-order valence-corrected chi connectivity index (χ2v) is 7.47. The quantitative estimate of drug-likeness (QED) is 0.781. The molecule has 0 saturated heterocycles. The molecule has 0 aliphatic rings. The van der Waals surface area contributed by atoms with E-state index in [-0.39, 0.29) is 12.0 Å². The van der Waals surface area contributed by atoms with E-state index in [2.05, 4.69) is 10.6 Å². The summed E-state index contributed by atoms with van der Waals surface area (Å²) in [5, 5.41) is 16.6. The first-order valence-corrected chi connectivity index (χ1v) is 7.84. The van der Waals surface area contributed by atoms with Gasteiger partial charge in [0.1, 0.15) is 6.04 Å². The number of hydrogen-bond acceptors (Lipinski definition) is 3. The second-order valence-electron chi connectivity index (χ2n) is 6.49. The van der Waals surface area contributed by atoms with Gasteiger partial charge < -0.3 is 15.7 Å². The van der Waals surface area contributed by atoms with Gasteiger partial charge >= 0.3 is 12.0 Å². The first-order chi connectivity index (χ1) is 9.62. The predicted octanol–water partition coefficient (Wildman–Crippen LogP) is 3.24. The van der Waals surface area contributed by atoms with E-state index < -0.39 is 23.5 Å². The van der Waals surface area contributed by atoms with Gasteiger partial charge in [-0.25, -0.2) is 9.59 Å². The van der Waals surface area contributed by atoms with Crippen LogP contribution in [0, 0.1) is 11.3 Å². The fraction of sp³-hybridized carbons (Fsp3) is 0.600. The summed E-state index contributed by atoms with van der Waals surface area (Å²) in [7, 11) is 0. The molecule has 1 aromatic heterocycles. The molecule has 118 valence electrons. The van der Waals surface area contributed by atoms with Gasteiger partial charge in [0, 0.05) is 4.88 Å². The fourth-order valence-electron chi connectivity index (χ4n) is 2.00. The Morgan fingerprint density at radius 2 is 1.86 bits per heavy atom. The number of carboxylic acid groups (broad SMARTS) is 1. The van der Waals surface area contributed by atoms with Crippen LogP contribution in [-0.2, 0) is 4.79 Å². The lowest BCUT2D eigenvalue weighted by Crippen LogP contribution is -2.53. The number of nitrogens with one attached hydrogen (secondary N) is 2. The monoisotopic (exact) mass is 312 g/mol. The number of rotatable bonds is 5. The molecule has 0 saturated carbocycles. The maximum Gasteiger partial charge on any atom is 0.326 e. The Hall–Kier alpha value is -1.56. The lowest BCUT2D eigenvalue weighted by molar-refractivity contribution is -0.141. The van der Waals surface area contributed by atoms with E-state index in [0.717, 1.165) is 4.88 Å². The number of carbonyl (C=O) groups is 2. The van der Waals surface area contributed by atoms with Crippen molar-refractivity contribution in [2.45, 2.75) is 46.7 Å². The number of thiophene rings is 1. The summed E-state index contributed by atoms with van der Waals surface area (Å²) in [6.45, 7) is 9.38. The number of aliphatic carboxylic acids is 1. The Morgan fingerprint density at radius 1 is 1.24 bits per heavy atom. The largest absolute Gasteiger partial charge is 0.480 e. The summed E-state index contributed by atoms with van der Waals surface area (Å²) >= 11 is 1.57. The third-order valence-electron chi connectivity index (χ3n) is 3.19. The smallest absolute Gasteiger partial charge is 0.326 e. The third kappa shape index (κ3) is 5.04. The Morgan fingerprint density at radius 3 is 2.24 bits per heavy atom. The average Bonchev–Trinajstić information content (AvgIpc) is 2.84. The number of amides is 2. The van der Waals surface area contributed by atoms with Crippen LogP contribution in [0.15, 0.2) is 17.5 Å². The zero-order valence-corrected chi connectivity index (χ0v) is 14.0. The van der Waals surface area contributed by atoms with Gasteiger partial charge in [0.15, 0.2) is 0 Å². The zero-order chi connectivity index (χ0) is 16.2. The van der Waals surface area contributed by atoms with Crippen molar-refractivity contribution >= 4 is 23.3 Å². The minimum absolute atomic E-state index is 0.126. The van der Waals surface area contributed by atoms with Crippen molar-refractivity contribution in [2.24, 2.45) is 11.3 Å². The highest BCUT2D eigenvalue weighted by molar-refractivity contribution is 7.10. The topological polar surface area (TPSA) is 78.4 Å². The van der Waals surface area contributed by atoms with Gasteiger partial charge in [-0.15, -0.1) is 11.3 Å². The van der Waals surface area contributed by atoms with Crippen LogP contribution in [0.1, 0.15) is 45.5 Å². The van der Waals surface area contributed by atoms with Gasteiger partial charge in [-0.3, -0.25) is 0 Å². The molecule has 0 aromatic carbocycles. The van der Waals surface area contributed by atoms with E-state index >= 15 is 0 Å². The van der Waals surface area contributed by atoms with Gasteiger partial charge in [-0.1, -0.05) is 40.7 Å². The molecule has 1 aromatic rings. The summed E-state index contributed by atoms with van der Waals surface area (Å²) in [6.07, 6.45) is 0.